The second-order valence-electron chi connectivity index (χ2n) is 9.28. The van der Waals surface area contributed by atoms with Gasteiger partial charge < -0.3 is 23.9 Å². The summed E-state index contributed by atoms with van der Waals surface area (Å²) in [7, 11) is -2.41. The number of carbonyl (C=O) groups is 2. The van der Waals surface area contributed by atoms with E-state index in [2.05, 4.69) is 10.1 Å². The maximum atomic E-state index is 13.0. The molecule has 0 saturated carbocycles. The average molecular weight is 530 g/mol. The van der Waals surface area contributed by atoms with Crippen molar-refractivity contribution in [3.05, 3.63) is 72.2 Å². The first-order valence-corrected chi connectivity index (χ1v) is 13.2. The molecule has 37 heavy (non-hydrogen) atoms. The largest absolute Gasteiger partial charge is 0.486 e. The van der Waals surface area contributed by atoms with Crippen LogP contribution in [0.25, 0.3) is 11.1 Å². The van der Waals surface area contributed by atoms with Gasteiger partial charge in [-0.2, -0.15) is 0 Å². The van der Waals surface area contributed by atoms with E-state index in [9.17, 15) is 18.0 Å². The van der Waals surface area contributed by atoms with Crippen molar-refractivity contribution in [2.24, 2.45) is 0 Å². The van der Waals surface area contributed by atoms with Gasteiger partial charge in [-0.05, 0) is 44.5 Å². The summed E-state index contributed by atoms with van der Waals surface area (Å²) in [6.07, 6.45) is 2.94. The smallest absolute Gasteiger partial charge is 0.341 e. The Morgan fingerprint density at radius 1 is 1.11 bits per heavy atom. The van der Waals surface area contributed by atoms with Crippen LogP contribution in [-0.2, 0) is 29.9 Å². The van der Waals surface area contributed by atoms with E-state index < -0.39 is 15.8 Å². The topological polar surface area (TPSA) is 121 Å². The van der Waals surface area contributed by atoms with Crippen molar-refractivity contribution >= 4 is 22.3 Å². The fourth-order valence-electron chi connectivity index (χ4n) is 3.41. The third-order valence-corrected chi connectivity index (χ3v) is 7.03. The minimum Gasteiger partial charge on any atom is -0.486 e. The molecule has 0 amide bonds. The van der Waals surface area contributed by atoms with Crippen LogP contribution < -0.4 is 10.1 Å². The van der Waals surface area contributed by atoms with E-state index in [1.165, 1.54) is 25.5 Å². The Morgan fingerprint density at radius 2 is 1.81 bits per heavy atom. The Bertz CT molecular complexity index is 1290. The van der Waals surface area contributed by atoms with Gasteiger partial charge in [-0.1, -0.05) is 30.3 Å². The lowest BCUT2D eigenvalue weighted by atomic mass is 9.99. The number of ether oxygens (including phenoxy) is 3. The number of carbonyl (C=O) groups excluding carboxylic acids is 2. The van der Waals surface area contributed by atoms with E-state index in [1.54, 1.807) is 42.7 Å². The van der Waals surface area contributed by atoms with Gasteiger partial charge in [0.25, 0.3) is 6.47 Å². The van der Waals surface area contributed by atoms with Gasteiger partial charge in [-0.3, -0.25) is 4.79 Å². The lowest BCUT2D eigenvalue weighted by molar-refractivity contribution is -0.138. The lowest BCUT2D eigenvalue weighted by Crippen LogP contribution is -2.50. The zero-order chi connectivity index (χ0) is 27.1. The Kier molecular flexibility index (Phi) is 9.12. The number of rotatable bonds is 8. The van der Waals surface area contributed by atoms with Crippen LogP contribution in [0.2, 0.25) is 0 Å². The number of methoxy groups -OCH3 is 1. The first-order valence-electron chi connectivity index (χ1n) is 11.6. The second kappa shape index (κ2) is 12.1. The van der Waals surface area contributed by atoms with Crippen LogP contribution >= 0.6 is 0 Å². The molecule has 1 aliphatic rings. The van der Waals surface area contributed by atoms with Gasteiger partial charge in [-0.25, -0.2) is 13.2 Å². The molecule has 3 aromatic rings. The summed E-state index contributed by atoms with van der Waals surface area (Å²) in [6, 6.07) is 13.3. The minimum absolute atomic E-state index is 0.114. The third kappa shape index (κ3) is 7.43. The number of hydrogen-bond acceptors (Lipinski definition) is 9. The van der Waals surface area contributed by atoms with Gasteiger partial charge in [0, 0.05) is 24.2 Å². The number of furan rings is 1. The summed E-state index contributed by atoms with van der Waals surface area (Å²) in [6.45, 7) is 7.19. The van der Waals surface area contributed by atoms with Crippen LogP contribution in [0, 0.1) is 0 Å². The summed E-state index contributed by atoms with van der Waals surface area (Å²) in [4.78, 5) is 22.5. The Balaban J connectivity index is 0.000000479. The molecule has 0 bridgehead atoms. The fraction of sp³-hybridized carbons (Fsp3) is 0.333. The van der Waals surface area contributed by atoms with E-state index in [4.69, 9.17) is 13.9 Å². The molecule has 198 valence electrons. The molecule has 0 unspecified atom stereocenters. The highest BCUT2D eigenvalue weighted by Gasteiger charge is 2.29. The first-order chi connectivity index (χ1) is 17.6. The molecule has 0 spiro atoms. The number of esters is 1. The SMILES string of the molecule is CC(C)(C)OC=O.COC(=O)c1c(CS(=O)(=O)c2ccccc2)ccc(-c2ccoc2)c1OC1CNC1. The normalized spacial score (nSPS) is 13.5. The Hall–Kier alpha value is -3.63. The van der Waals surface area contributed by atoms with Gasteiger partial charge in [0.1, 0.15) is 23.0 Å². The number of sulfone groups is 1. The van der Waals surface area contributed by atoms with Gasteiger partial charge in [0.15, 0.2) is 9.84 Å². The first kappa shape index (κ1) is 27.9. The molecule has 0 atom stereocenters. The van der Waals surface area contributed by atoms with E-state index in [0.717, 1.165) is 5.56 Å². The number of hydrogen-bond donors (Lipinski definition) is 1. The number of nitrogens with one attached hydrogen (secondary N) is 1. The van der Waals surface area contributed by atoms with Crippen LogP contribution in [0.4, 0.5) is 0 Å². The molecule has 0 aliphatic carbocycles. The molecule has 10 heteroatoms. The maximum absolute atomic E-state index is 13.0. The molecule has 0 radical (unpaired) electrons. The molecule has 9 nitrogen and oxygen atoms in total. The summed E-state index contributed by atoms with van der Waals surface area (Å²) in [5, 5.41) is 3.12. The summed E-state index contributed by atoms with van der Waals surface area (Å²) in [5.74, 6) is -0.705. The molecule has 1 aliphatic heterocycles. The standard InChI is InChI=1S/C22H21NO6S.C5H10O2/c1-27-22(24)20-16(14-30(25,26)18-5-3-2-4-6-18)7-8-19(15-9-10-28-13-15)21(20)29-17-11-23-12-17;1-5(2,3)7-4-6/h2-10,13,17,23H,11-12,14H2,1H3;4H,1-3H3. The summed E-state index contributed by atoms with van der Waals surface area (Å²) < 4.78 is 46.8. The monoisotopic (exact) mass is 529 g/mol. The fourth-order valence-corrected chi connectivity index (χ4v) is 4.80. The van der Waals surface area contributed by atoms with Crippen molar-refractivity contribution in [3.8, 4) is 16.9 Å². The molecule has 1 saturated heterocycles. The van der Waals surface area contributed by atoms with E-state index in [0.29, 0.717) is 36.4 Å². The zero-order valence-corrected chi connectivity index (χ0v) is 22.0. The predicted octanol–water partition coefficient (Wildman–Crippen LogP) is 4.02. The van der Waals surface area contributed by atoms with Crippen LogP contribution in [0.1, 0.15) is 36.7 Å². The molecule has 2 aromatic carbocycles. The molecule has 1 fully saturated rings. The Labute approximate surface area is 216 Å². The van der Waals surface area contributed by atoms with Gasteiger partial charge in [-0.15, -0.1) is 0 Å². The van der Waals surface area contributed by atoms with E-state index >= 15 is 0 Å². The lowest BCUT2D eigenvalue weighted by Gasteiger charge is -2.30. The molecular weight excluding hydrogens is 498 g/mol. The molecule has 4 rings (SSSR count). The zero-order valence-electron chi connectivity index (χ0n) is 21.2. The van der Waals surface area contributed by atoms with Crippen molar-refractivity contribution in [2.75, 3.05) is 20.2 Å². The highest BCUT2D eigenvalue weighted by atomic mass is 32.2. The predicted molar refractivity (Wildman–Crippen MR) is 137 cm³/mol. The van der Waals surface area contributed by atoms with Gasteiger partial charge >= 0.3 is 5.97 Å². The van der Waals surface area contributed by atoms with E-state index in [-0.39, 0.29) is 27.9 Å². The second-order valence-corrected chi connectivity index (χ2v) is 11.3. The molecule has 1 N–H and O–H groups in total. The van der Waals surface area contributed by atoms with Crippen molar-refractivity contribution in [1.82, 2.24) is 5.32 Å². The maximum Gasteiger partial charge on any atom is 0.341 e. The Morgan fingerprint density at radius 3 is 2.30 bits per heavy atom. The van der Waals surface area contributed by atoms with Crippen LogP contribution in [-0.4, -0.2) is 52.8 Å². The van der Waals surface area contributed by atoms with Crippen molar-refractivity contribution in [3.63, 3.8) is 0 Å². The minimum atomic E-state index is -3.68. The summed E-state index contributed by atoms with van der Waals surface area (Å²) >= 11 is 0. The van der Waals surface area contributed by atoms with Crippen LogP contribution in [0.5, 0.6) is 5.75 Å². The highest BCUT2D eigenvalue weighted by molar-refractivity contribution is 7.90. The molecule has 2 heterocycles. The highest BCUT2D eigenvalue weighted by Crippen LogP contribution is 2.38. The van der Waals surface area contributed by atoms with Crippen LogP contribution in [0.3, 0.4) is 0 Å². The van der Waals surface area contributed by atoms with Crippen molar-refractivity contribution < 1.29 is 36.6 Å². The average Bonchev–Trinajstić information content (AvgIpc) is 3.36. The van der Waals surface area contributed by atoms with Gasteiger partial charge in [0.2, 0.25) is 0 Å². The quantitative estimate of drug-likeness (QED) is 0.341. The van der Waals surface area contributed by atoms with Crippen molar-refractivity contribution in [1.29, 1.82) is 0 Å². The molecular formula is C27H31NO8S. The number of benzene rings is 2. The summed E-state index contributed by atoms with van der Waals surface area (Å²) in [5.41, 5.74) is 1.47. The molecule has 1 aromatic heterocycles. The third-order valence-electron chi connectivity index (χ3n) is 5.34. The van der Waals surface area contributed by atoms with Gasteiger partial charge in [0.05, 0.1) is 30.3 Å². The van der Waals surface area contributed by atoms with Crippen LogP contribution in [0.15, 0.2) is 70.4 Å². The van der Waals surface area contributed by atoms with Crippen molar-refractivity contribution in [2.45, 2.75) is 43.1 Å². The van der Waals surface area contributed by atoms with E-state index in [1.807, 2.05) is 20.8 Å².